The van der Waals surface area contributed by atoms with Crippen molar-refractivity contribution in [1.29, 1.82) is 0 Å². The van der Waals surface area contributed by atoms with Gasteiger partial charge in [-0.25, -0.2) is 4.39 Å². The highest BCUT2D eigenvalue weighted by Gasteiger charge is 2.19. The van der Waals surface area contributed by atoms with Gasteiger partial charge in [0.25, 0.3) is 0 Å². The lowest BCUT2D eigenvalue weighted by Crippen LogP contribution is -2.34. The topological polar surface area (TPSA) is 111 Å². The van der Waals surface area contributed by atoms with Crippen LogP contribution in [0.15, 0.2) is 72.9 Å². The number of nitrogens with zero attached hydrogens (tertiary/aromatic N) is 1. The molecular formula is C31H31FN4O5. The molecule has 0 spiro atoms. The first-order chi connectivity index (χ1) is 20.0. The molecule has 41 heavy (non-hydrogen) atoms. The number of methoxy groups -OCH3 is 1. The van der Waals surface area contributed by atoms with E-state index in [0.717, 1.165) is 37.6 Å². The van der Waals surface area contributed by atoms with E-state index in [-0.39, 0.29) is 18.0 Å². The lowest BCUT2D eigenvalue weighted by molar-refractivity contribution is -0.136. The molecule has 4 aromatic rings. The summed E-state index contributed by atoms with van der Waals surface area (Å²) in [6.45, 7) is 2.76. The highest BCUT2D eigenvalue weighted by molar-refractivity contribution is 6.39. The first kappa shape index (κ1) is 27.9. The Morgan fingerprint density at radius 2 is 1.76 bits per heavy atom. The number of amides is 2. The number of piperidine rings is 1. The molecule has 3 aromatic carbocycles. The SMILES string of the molecule is COc1c(OCC2CCNCC2)ccc2c(Oc3ccc(NC(=O)C(=O)NCc4ccccc4)cc3F)ccnc12. The van der Waals surface area contributed by atoms with Gasteiger partial charge in [-0.05, 0) is 67.7 Å². The van der Waals surface area contributed by atoms with Gasteiger partial charge in [-0.3, -0.25) is 14.6 Å². The van der Waals surface area contributed by atoms with Gasteiger partial charge in [-0.2, -0.15) is 0 Å². The molecule has 1 fully saturated rings. The maximum absolute atomic E-state index is 15.0. The number of carbonyl (C=O) groups is 2. The maximum Gasteiger partial charge on any atom is 0.313 e. The van der Waals surface area contributed by atoms with Crippen LogP contribution in [0.5, 0.6) is 23.0 Å². The zero-order valence-electron chi connectivity index (χ0n) is 22.6. The molecule has 3 N–H and O–H groups in total. The average Bonchev–Trinajstić information content (AvgIpc) is 3.00. The summed E-state index contributed by atoms with van der Waals surface area (Å²) in [4.78, 5) is 28.9. The van der Waals surface area contributed by atoms with Crippen LogP contribution in [0.1, 0.15) is 18.4 Å². The fraction of sp³-hybridized carbons (Fsp3) is 0.258. The predicted molar refractivity (Wildman–Crippen MR) is 153 cm³/mol. The molecule has 0 aliphatic carbocycles. The van der Waals surface area contributed by atoms with Crippen LogP contribution in [0.25, 0.3) is 10.9 Å². The quantitative estimate of drug-likeness (QED) is 0.253. The van der Waals surface area contributed by atoms with Crippen molar-refractivity contribution in [1.82, 2.24) is 15.6 Å². The van der Waals surface area contributed by atoms with Gasteiger partial charge in [0.15, 0.2) is 23.1 Å². The fourth-order valence-electron chi connectivity index (χ4n) is 4.63. The van der Waals surface area contributed by atoms with E-state index >= 15 is 4.39 Å². The van der Waals surface area contributed by atoms with E-state index in [9.17, 15) is 9.59 Å². The summed E-state index contributed by atoms with van der Waals surface area (Å²) in [7, 11) is 1.55. The minimum Gasteiger partial charge on any atom is -0.491 e. The molecule has 0 atom stereocenters. The summed E-state index contributed by atoms with van der Waals surface area (Å²) in [6.07, 6.45) is 3.67. The second-order valence-corrected chi connectivity index (χ2v) is 9.68. The molecule has 1 aromatic heterocycles. The number of anilines is 1. The number of fused-ring (bicyclic) bond motifs is 1. The van der Waals surface area contributed by atoms with Crippen molar-refractivity contribution in [2.45, 2.75) is 19.4 Å². The van der Waals surface area contributed by atoms with Crippen molar-refractivity contribution in [2.75, 3.05) is 32.1 Å². The molecule has 1 aliphatic rings. The number of ether oxygens (including phenoxy) is 3. The van der Waals surface area contributed by atoms with E-state index in [1.807, 2.05) is 30.3 Å². The molecule has 0 radical (unpaired) electrons. The Hall–Kier alpha value is -4.70. The second-order valence-electron chi connectivity index (χ2n) is 9.68. The van der Waals surface area contributed by atoms with Crippen molar-refractivity contribution >= 4 is 28.4 Å². The van der Waals surface area contributed by atoms with Gasteiger partial charge in [-0.15, -0.1) is 0 Å². The van der Waals surface area contributed by atoms with E-state index in [2.05, 4.69) is 20.9 Å². The summed E-state index contributed by atoms with van der Waals surface area (Å²) in [5.74, 6) is -0.605. The Morgan fingerprint density at radius 1 is 0.976 bits per heavy atom. The average molecular weight is 559 g/mol. The van der Waals surface area contributed by atoms with Crippen LogP contribution in [0, 0.1) is 11.7 Å². The largest absolute Gasteiger partial charge is 0.491 e. The normalized spacial score (nSPS) is 13.4. The van der Waals surface area contributed by atoms with Crippen molar-refractivity contribution in [2.24, 2.45) is 5.92 Å². The summed E-state index contributed by atoms with van der Waals surface area (Å²) in [5.41, 5.74) is 1.49. The van der Waals surface area contributed by atoms with Crippen LogP contribution >= 0.6 is 0 Å². The number of pyridine rings is 1. The number of benzene rings is 3. The van der Waals surface area contributed by atoms with Crippen molar-refractivity contribution in [3.8, 4) is 23.0 Å². The predicted octanol–water partition coefficient (Wildman–Crippen LogP) is 4.81. The molecule has 0 bridgehead atoms. The van der Waals surface area contributed by atoms with E-state index in [4.69, 9.17) is 14.2 Å². The van der Waals surface area contributed by atoms with Gasteiger partial charge in [0.1, 0.15) is 11.3 Å². The third-order valence-electron chi connectivity index (χ3n) is 6.84. The van der Waals surface area contributed by atoms with Crippen LogP contribution in [0.4, 0.5) is 10.1 Å². The lowest BCUT2D eigenvalue weighted by Gasteiger charge is -2.23. The van der Waals surface area contributed by atoms with E-state index in [0.29, 0.717) is 40.7 Å². The van der Waals surface area contributed by atoms with Crippen LogP contribution in [-0.4, -0.2) is 43.6 Å². The van der Waals surface area contributed by atoms with Crippen molar-refractivity contribution in [3.05, 3.63) is 84.3 Å². The summed E-state index contributed by atoms with van der Waals surface area (Å²) >= 11 is 0. The molecule has 2 heterocycles. The maximum atomic E-state index is 15.0. The molecule has 1 saturated heterocycles. The number of hydrogen-bond donors (Lipinski definition) is 3. The molecule has 2 amide bonds. The van der Waals surface area contributed by atoms with Gasteiger partial charge in [0.05, 0.1) is 13.7 Å². The number of hydrogen-bond acceptors (Lipinski definition) is 7. The van der Waals surface area contributed by atoms with Crippen molar-refractivity contribution in [3.63, 3.8) is 0 Å². The number of aromatic nitrogens is 1. The molecule has 10 heteroatoms. The third-order valence-corrected chi connectivity index (χ3v) is 6.84. The Balaban J connectivity index is 1.25. The Bertz CT molecular complexity index is 1530. The Labute approximate surface area is 237 Å². The Kier molecular flexibility index (Phi) is 8.90. The zero-order valence-corrected chi connectivity index (χ0v) is 22.6. The van der Waals surface area contributed by atoms with Gasteiger partial charge < -0.3 is 30.2 Å². The van der Waals surface area contributed by atoms with Crippen molar-refractivity contribution < 1.29 is 28.2 Å². The van der Waals surface area contributed by atoms with Crippen LogP contribution in [0.2, 0.25) is 0 Å². The molecular weight excluding hydrogens is 527 g/mol. The molecule has 0 saturated carbocycles. The van der Waals surface area contributed by atoms with Crippen LogP contribution in [-0.2, 0) is 16.1 Å². The fourth-order valence-corrected chi connectivity index (χ4v) is 4.63. The smallest absolute Gasteiger partial charge is 0.313 e. The van der Waals surface area contributed by atoms with Gasteiger partial charge in [0, 0.05) is 29.9 Å². The minimum absolute atomic E-state index is 0.0609. The van der Waals surface area contributed by atoms with Gasteiger partial charge in [-0.1, -0.05) is 30.3 Å². The highest BCUT2D eigenvalue weighted by atomic mass is 19.1. The third kappa shape index (κ3) is 6.90. The highest BCUT2D eigenvalue weighted by Crippen LogP contribution is 2.40. The first-order valence-corrected chi connectivity index (χ1v) is 13.4. The molecule has 212 valence electrons. The summed E-state index contributed by atoms with van der Waals surface area (Å²) in [6, 6.07) is 18.4. The Morgan fingerprint density at radius 3 is 2.51 bits per heavy atom. The van der Waals surface area contributed by atoms with Crippen LogP contribution < -0.4 is 30.2 Å². The van der Waals surface area contributed by atoms with Gasteiger partial charge >= 0.3 is 11.8 Å². The second kappa shape index (κ2) is 13.1. The standard InChI is InChI=1S/C31H31FN4O5/c1-39-29-27(40-19-21-11-14-33-15-12-21)10-8-23-25(13-16-34-28(23)29)41-26-9-7-22(17-24(26)32)36-31(38)30(37)35-18-20-5-3-2-4-6-20/h2-10,13,16-17,21,33H,11-12,14-15,18-19H2,1H3,(H,35,37)(H,36,38). The first-order valence-electron chi connectivity index (χ1n) is 13.4. The lowest BCUT2D eigenvalue weighted by atomic mass is 9.99. The van der Waals surface area contributed by atoms with E-state index in [1.54, 1.807) is 31.5 Å². The van der Waals surface area contributed by atoms with E-state index < -0.39 is 17.6 Å². The minimum atomic E-state index is -0.903. The number of halogens is 1. The number of carbonyl (C=O) groups excluding carboxylic acids is 2. The zero-order chi connectivity index (χ0) is 28.6. The van der Waals surface area contributed by atoms with E-state index in [1.165, 1.54) is 12.1 Å². The molecule has 1 aliphatic heterocycles. The summed E-state index contributed by atoms with van der Waals surface area (Å²) < 4.78 is 32.6. The van der Waals surface area contributed by atoms with Crippen LogP contribution in [0.3, 0.4) is 0 Å². The van der Waals surface area contributed by atoms with Gasteiger partial charge in [0.2, 0.25) is 0 Å². The summed E-state index contributed by atoms with van der Waals surface area (Å²) in [5, 5.41) is 8.91. The number of nitrogens with one attached hydrogen (secondary N) is 3. The molecule has 0 unspecified atom stereocenters. The molecule has 9 nitrogen and oxygen atoms in total. The monoisotopic (exact) mass is 558 g/mol. The number of rotatable bonds is 9. The molecule has 5 rings (SSSR count).